The first-order valence-electron chi connectivity index (χ1n) is 4.76. The summed E-state index contributed by atoms with van der Waals surface area (Å²) in [5.74, 6) is 0.805. The molecular formula is C9H17N3S. The number of unbranched alkanes of at least 4 members (excludes halogenated alkanes) is 1. The van der Waals surface area contributed by atoms with Gasteiger partial charge in [0.05, 0.1) is 0 Å². The van der Waals surface area contributed by atoms with E-state index < -0.39 is 0 Å². The van der Waals surface area contributed by atoms with Crippen molar-refractivity contribution in [1.82, 2.24) is 10.2 Å². The Morgan fingerprint density at radius 2 is 2.08 bits per heavy atom. The lowest BCUT2D eigenvalue weighted by molar-refractivity contribution is 0.537. The minimum Gasteiger partial charge on any atom is -0.374 e. The number of aryl methyl sites for hydroxylation is 1. The van der Waals surface area contributed by atoms with Crippen LogP contribution in [-0.2, 0) is 6.42 Å². The fourth-order valence-corrected chi connectivity index (χ4v) is 1.85. The van der Waals surface area contributed by atoms with Crippen LogP contribution in [0.25, 0.3) is 0 Å². The van der Waals surface area contributed by atoms with E-state index >= 15 is 0 Å². The van der Waals surface area contributed by atoms with Gasteiger partial charge in [0.15, 0.2) is 0 Å². The summed E-state index contributed by atoms with van der Waals surface area (Å²) in [5.41, 5.74) is 5.48. The molecule has 4 heteroatoms. The second kappa shape index (κ2) is 5.17. The monoisotopic (exact) mass is 199 g/mol. The molecule has 0 unspecified atom stereocenters. The standard InChI is InChI=1S/C9H17N3S/c1-7(2)5-3-4-6-8-11-12-9(10)13-8/h7H,3-6H2,1-2H3,(H2,10,12). The number of rotatable bonds is 5. The largest absolute Gasteiger partial charge is 0.374 e. The lowest BCUT2D eigenvalue weighted by Gasteiger charge is -2.01. The van der Waals surface area contributed by atoms with Gasteiger partial charge in [-0.05, 0) is 12.3 Å². The Morgan fingerprint density at radius 3 is 2.62 bits per heavy atom. The SMILES string of the molecule is CC(C)CCCCc1nnc(N)s1. The number of hydrogen-bond donors (Lipinski definition) is 1. The van der Waals surface area contributed by atoms with Gasteiger partial charge in [0.1, 0.15) is 5.01 Å². The summed E-state index contributed by atoms with van der Waals surface area (Å²) in [6, 6.07) is 0. The predicted molar refractivity (Wildman–Crippen MR) is 56.7 cm³/mol. The van der Waals surface area contributed by atoms with E-state index in [0.29, 0.717) is 5.13 Å². The maximum absolute atomic E-state index is 5.48. The van der Waals surface area contributed by atoms with Crippen LogP contribution in [0.1, 0.15) is 38.1 Å². The van der Waals surface area contributed by atoms with Crippen LogP contribution in [0.3, 0.4) is 0 Å². The topological polar surface area (TPSA) is 51.8 Å². The third kappa shape index (κ3) is 4.22. The third-order valence-corrected chi connectivity index (χ3v) is 2.72. The van der Waals surface area contributed by atoms with Crippen LogP contribution in [-0.4, -0.2) is 10.2 Å². The average molecular weight is 199 g/mol. The van der Waals surface area contributed by atoms with Crippen molar-refractivity contribution >= 4 is 16.5 Å². The molecule has 0 amide bonds. The van der Waals surface area contributed by atoms with E-state index in [0.717, 1.165) is 17.3 Å². The zero-order valence-electron chi connectivity index (χ0n) is 8.29. The fourth-order valence-electron chi connectivity index (χ4n) is 1.20. The molecule has 0 aliphatic rings. The normalized spacial score (nSPS) is 11.0. The summed E-state index contributed by atoms with van der Waals surface area (Å²) in [4.78, 5) is 0. The molecule has 0 fully saturated rings. The van der Waals surface area contributed by atoms with Crippen LogP contribution >= 0.6 is 11.3 Å². The van der Waals surface area contributed by atoms with Crippen LogP contribution in [0.4, 0.5) is 5.13 Å². The van der Waals surface area contributed by atoms with Crippen LogP contribution in [0, 0.1) is 5.92 Å². The number of hydrogen-bond acceptors (Lipinski definition) is 4. The number of nitrogens with two attached hydrogens (primary N) is 1. The van der Waals surface area contributed by atoms with Gasteiger partial charge in [0, 0.05) is 6.42 Å². The van der Waals surface area contributed by atoms with Crippen LogP contribution < -0.4 is 5.73 Å². The fraction of sp³-hybridized carbons (Fsp3) is 0.778. The van der Waals surface area contributed by atoms with Crippen LogP contribution in [0.15, 0.2) is 0 Å². The number of anilines is 1. The lowest BCUT2D eigenvalue weighted by atomic mass is 10.1. The summed E-state index contributed by atoms with van der Waals surface area (Å²) in [6.45, 7) is 4.51. The molecule has 0 aliphatic carbocycles. The molecule has 2 N–H and O–H groups in total. The molecule has 0 saturated heterocycles. The van der Waals surface area contributed by atoms with Gasteiger partial charge in [-0.3, -0.25) is 0 Å². The van der Waals surface area contributed by atoms with Crippen molar-refractivity contribution in [2.75, 3.05) is 5.73 Å². The van der Waals surface area contributed by atoms with E-state index in [9.17, 15) is 0 Å². The third-order valence-electron chi connectivity index (χ3n) is 1.90. The van der Waals surface area contributed by atoms with Gasteiger partial charge in [-0.15, -0.1) is 10.2 Å². The van der Waals surface area contributed by atoms with E-state index in [4.69, 9.17) is 5.73 Å². The molecule has 0 aromatic carbocycles. The first-order chi connectivity index (χ1) is 6.18. The maximum Gasteiger partial charge on any atom is 0.203 e. The van der Waals surface area contributed by atoms with Crippen LogP contribution in [0.5, 0.6) is 0 Å². The molecule has 0 saturated carbocycles. The van der Waals surface area contributed by atoms with Crippen molar-refractivity contribution in [3.05, 3.63) is 5.01 Å². The molecule has 13 heavy (non-hydrogen) atoms. The van der Waals surface area contributed by atoms with Crippen LogP contribution in [0.2, 0.25) is 0 Å². The summed E-state index contributed by atoms with van der Waals surface area (Å²) in [5, 5.41) is 9.41. The molecule has 3 nitrogen and oxygen atoms in total. The average Bonchev–Trinajstić information content (AvgIpc) is 2.45. The van der Waals surface area contributed by atoms with Crippen molar-refractivity contribution in [1.29, 1.82) is 0 Å². The Labute approximate surface area is 83.4 Å². The molecule has 0 radical (unpaired) electrons. The number of nitrogen functional groups attached to an aromatic ring is 1. The molecule has 1 aromatic heterocycles. The highest BCUT2D eigenvalue weighted by atomic mass is 32.1. The van der Waals surface area contributed by atoms with Crippen molar-refractivity contribution in [3.8, 4) is 0 Å². The Balaban J connectivity index is 2.13. The van der Waals surface area contributed by atoms with E-state index in [-0.39, 0.29) is 0 Å². The Morgan fingerprint density at radius 1 is 1.31 bits per heavy atom. The maximum atomic E-state index is 5.48. The minimum absolute atomic E-state index is 0.582. The first kappa shape index (κ1) is 10.4. The molecular weight excluding hydrogens is 182 g/mol. The van der Waals surface area contributed by atoms with E-state index in [1.54, 1.807) is 0 Å². The minimum atomic E-state index is 0.582. The molecule has 1 heterocycles. The summed E-state index contributed by atoms with van der Waals surface area (Å²) in [7, 11) is 0. The summed E-state index contributed by atoms with van der Waals surface area (Å²) in [6.07, 6.45) is 4.81. The smallest absolute Gasteiger partial charge is 0.203 e. The zero-order valence-corrected chi connectivity index (χ0v) is 9.10. The van der Waals surface area contributed by atoms with Gasteiger partial charge in [-0.25, -0.2) is 0 Å². The Bertz CT molecular complexity index is 245. The van der Waals surface area contributed by atoms with Crippen molar-refractivity contribution in [2.24, 2.45) is 5.92 Å². The predicted octanol–water partition coefficient (Wildman–Crippen LogP) is 2.49. The van der Waals surface area contributed by atoms with E-state index in [1.165, 1.54) is 30.6 Å². The molecule has 0 atom stereocenters. The van der Waals surface area contributed by atoms with Crippen molar-refractivity contribution < 1.29 is 0 Å². The summed E-state index contributed by atoms with van der Waals surface area (Å²) >= 11 is 1.50. The molecule has 0 spiro atoms. The van der Waals surface area contributed by atoms with Gasteiger partial charge in [0.25, 0.3) is 0 Å². The highest BCUT2D eigenvalue weighted by molar-refractivity contribution is 7.15. The second-order valence-electron chi connectivity index (χ2n) is 3.67. The Hall–Kier alpha value is -0.640. The highest BCUT2D eigenvalue weighted by Crippen LogP contribution is 2.15. The van der Waals surface area contributed by atoms with Gasteiger partial charge < -0.3 is 5.73 Å². The van der Waals surface area contributed by atoms with Gasteiger partial charge >= 0.3 is 0 Å². The molecule has 0 bridgehead atoms. The van der Waals surface area contributed by atoms with Gasteiger partial charge in [0.2, 0.25) is 5.13 Å². The van der Waals surface area contributed by atoms with Crippen molar-refractivity contribution in [3.63, 3.8) is 0 Å². The van der Waals surface area contributed by atoms with E-state index in [1.807, 2.05) is 0 Å². The Kier molecular flexibility index (Phi) is 4.15. The first-order valence-corrected chi connectivity index (χ1v) is 5.58. The molecule has 1 aromatic rings. The number of nitrogens with zero attached hydrogens (tertiary/aromatic N) is 2. The molecule has 1 rings (SSSR count). The lowest BCUT2D eigenvalue weighted by Crippen LogP contribution is -1.89. The quantitative estimate of drug-likeness (QED) is 0.741. The van der Waals surface area contributed by atoms with E-state index in [2.05, 4.69) is 24.0 Å². The second-order valence-corrected chi connectivity index (χ2v) is 4.77. The van der Waals surface area contributed by atoms with Crippen molar-refractivity contribution in [2.45, 2.75) is 39.5 Å². The highest BCUT2D eigenvalue weighted by Gasteiger charge is 2.00. The zero-order chi connectivity index (χ0) is 9.68. The van der Waals surface area contributed by atoms with Gasteiger partial charge in [-0.1, -0.05) is 38.0 Å². The van der Waals surface area contributed by atoms with Gasteiger partial charge in [-0.2, -0.15) is 0 Å². The molecule has 74 valence electrons. The molecule has 0 aliphatic heterocycles. The number of aromatic nitrogens is 2. The summed E-state index contributed by atoms with van der Waals surface area (Å²) < 4.78 is 0.